The van der Waals surface area contributed by atoms with Gasteiger partial charge in [-0.3, -0.25) is 14.5 Å². The zero-order valence-corrected chi connectivity index (χ0v) is 14.7. The van der Waals surface area contributed by atoms with Crippen LogP contribution in [0.4, 0.5) is 10.1 Å². The van der Waals surface area contributed by atoms with Gasteiger partial charge in [0.15, 0.2) is 0 Å². The third-order valence-electron chi connectivity index (χ3n) is 4.12. The predicted molar refractivity (Wildman–Crippen MR) is 96.9 cm³/mol. The summed E-state index contributed by atoms with van der Waals surface area (Å²) in [7, 11) is 1.57. The van der Waals surface area contributed by atoms with Gasteiger partial charge in [-0.05, 0) is 55.8 Å². The van der Waals surface area contributed by atoms with E-state index in [1.165, 1.54) is 29.2 Å². The average Bonchev–Trinajstić information content (AvgIpc) is 2.87. The van der Waals surface area contributed by atoms with Crippen LogP contribution in [-0.2, 0) is 9.59 Å². The van der Waals surface area contributed by atoms with Gasteiger partial charge in [-0.2, -0.15) is 0 Å². The summed E-state index contributed by atoms with van der Waals surface area (Å²) in [6.45, 7) is 3.54. The summed E-state index contributed by atoms with van der Waals surface area (Å²) in [5.74, 6) is -0.523. The average molecular weight is 354 g/mol. The van der Waals surface area contributed by atoms with Gasteiger partial charge in [0.1, 0.15) is 17.3 Å². The van der Waals surface area contributed by atoms with Crippen molar-refractivity contribution in [2.45, 2.75) is 19.9 Å². The van der Waals surface area contributed by atoms with E-state index in [0.29, 0.717) is 17.0 Å². The van der Waals surface area contributed by atoms with Crippen LogP contribution < -0.4 is 10.1 Å². The molecule has 0 aliphatic carbocycles. The maximum absolute atomic E-state index is 13.3. The maximum Gasteiger partial charge on any atom is 0.278 e. The Morgan fingerprint density at radius 2 is 1.58 bits per heavy atom. The minimum atomic E-state index is -0.406. The van der Waals surface area contributed by atoms with E-state index < -0.39 is 17.6 Å². The summed E-state index contributed by atoms with van der Waals surface area (Å²) < 4.78 is 18.4. The van der Waals surface area contributed by atoms with Crippen molar-refractivity contribution in [1.82, 2.24) is 4.90 Å². The lowest BCUT2D eigenvalue weighted by Crippen LogP contribution is -2.38. The van der Waals surface area contributed by atoms with Crippen LogP contribution in [0.3, 0.4) is 0 Å². The molecule has 0 aromatic heterocycles. The number of methoxy groups -OCH3 is 1. The molecule has 6 heteroatoms. The quantitative estimate of drug-likeness (QED) is 0.836. The molecule has 2 amide bonds. The second-order valence-electron chi connectivity index (χ2n) is 6.18. The zero-order valence-electron chi connectivity index (χ0n) is 14.7. The van der Waals surface area contributed by atoms with Gasteiger partial charge in [-0.15, -0.1) is 0 Å². The smallest absolute Gasteiger partial charge is 0.278 e. The van der Waals surface area contributed by atoms with Crippen molar-refractivity contribution in [2.75, 3.05) is 12.4 Å². The predicted octanol–water partition coefficient (Wildman–Crippen LogP) is 3.43. The number of hydrogen-bond donors (Lipinski definition) is 1. The van der Waals surface area contributed by atoms with Crippen molar-refractivity contribution in [3.05, 3.63) is 65.6 Å². The first-order valence-corrected chi connectivity index (χ1v) is 8.21. The number of carbonyl (C=O) groups excluding carboxylic acids is 2. The Kier molecular flexibility index (Phi) is 4.75. The van der Waals surface area contributed by atoms with Crippen molar-refractivity contribution < 1.29 is 18.7 Å². The molecule has 1 aliphatic rings. The van der Waals surface area contributed by atoms with Crippen molar-refractivity contribution >= 4 is 23.1 Å². The first kappa shape index (κ1) is 17.7. The highest BCUT2D eigenvalue weighted by atomic mass is 19.1. The minimum Gasteiger partial charge on any atom is -0.497 e. The number of amides is 2. The molecule has 1 aliphatic heterocycles. The van der Waals surface area contributed by atoms with Crippen LogP contribution in [0.15, 0.2) is 54.2 Å². The largest absolute Gasteiger partial charge is 0.497 e. The highest BCUT2D eigenvalue weighted by molar-refractivity contribution is 6.36. The number of halogens is 1. The van der Waals surface area contributed by atoms with Crippen molar-refractivity contribution in [3.63, 3.8) is 0 Å². The van der Waals surface area contributed by atoms with Crippen LogP contribution in [0.5, 0.6) is 5.75 Å². The van der Waals surface area contributed by atoms with Gasteiger partial charge in [0.2, 0.25) is 0 Å². The number of ether oxygens (including phenoxy) is 1. The Morgan fingerprint density at radius 1 is 0.962 bits per heavy atom. The van der Waals surface area contributed by atoms with E-state index in [2.05, 4.69) is 5.32 Å². The number of anilines is 1. The van der Waals surface area contributed by atoms with Gasteiger partial charge in [0, 0.05) is 11.7 Å². The molecular formula is C20H19FN2O3. The summed E-state index contributed by atoms with van der Waals surface area (Å²) in [6, 6.07) is 12.2. The Labute approximate surface area is 151 Å². The lowest BCUT2D eigenvalue weighted by molar-refractivity contribution is -0.138. The molecule has 0 atom stereocenters. The van der Waals surface area contributed by atoms with E-state index >= 15 is 0 Å². The van der Waals surface area contributed by atoms with Crippen LogP contribution in [0.2, 0.25) is 0 Å². The third kappa shape index (κ3) is 3.18. The number of rotatable bonds is 5. The topological polar surface area (TPSA) is 58.6 Å². The summed E-state index contributed by atoms with van der Waals surface area (Å²) in [6.07, 6.45) is 0. The van der Waals surface area contributed by atoms with E-state index in [4.69, 9.17) is 4.74 Å². The highest BCUT2D eigenvalue weighted by Crippen LogP contribution is 2.32. The number of nitrogens with zero attached hydrogens (tertiary/aromatic N) is 1. The molecule has 1 N–H and O–H groups in total. The van der Waals surface area contributed by atoms with Crippen molar-refractivity contribution in [2.24, 2.45) is 0 Å². The van der Waals surface area contributed by atoms with Crippen LogP contribution >= 0.6 is 0 Å². The molecule has 0 bridgehead atoms. The highest BCUT2D eigenvalue weighted by Gasteiger charge is 2.40. The molecule has 2 aromatic carbocycles. The SMILES string of the molecule is COc1ccc(NC2=C(c3ccc(F)cc3)C(=O)N(C(C)C)C2=O)cc1. The Morgan fingerprint density at radius 3 is 2.12 bits per heavy atom. The molecule has 26 heavy (non-hydrogen) atoms. The molecule has 0 radical (unpaired) electrons. The van der Waals surface area contributed by atoms with E-state index in [0.717, 1.165) is 0 Å². The number of hydrogen-bond acceptors (Lipinski definition) is 4. The van der Waals surface area contributed by atoms with Crippen LogP contribution in [0.1, 0.15) is 19.4 Å². The lowest BCUT2D eigenvalue weighted by Gasteiger charge is -2.19. The normalized spacial score (nSPS) is 14.4. The molecule has 0 spiro atoms. The molecule has 0 fully saturated rings. The Hall–Kier alpha value is -3.15. The number of benzene rings is 2. The molecule has 5 nitrogen and oxygen atoms in total. The number of nitrogens with one attached hydrogen (secondary N) is 1. The van der Waals surface area contributed by atoms with Gasteiger partial charge in [-0.1, -0.05) is 12.1 Å². The monoisotopic (exact) mass is 354 g/mol. The Balaban J connectivity index is 2.05. The first-order chi connectivity index (χ1) is 12.4. The molecule has 0 saturated carbocycles. The second kappa shape index (κ2) is 7.00. The standard InChI is InChI=1S/C20H19FN2O3/c1-12(2)23-19(24)17(13-4-6-14(21)7-5-13)18(20(23)25)22-15-8-10-16(26-3)11-9-15/h4-12,22H,1-3H3. The molecular weight excluding hydrogens is 335 g/mol. The fraction of sp³-hybridized carbons (Fsp3) is 0.200. The zero-order chi connectivity index (χ0) is 18.8. The number of carbonyl (C=O) groups is 2. The maximum atomic E-state index is 13.3. The molecule has 1 heterocycles. The molecule has 2 aromatic rings. The van der Waals surface area contributed by atoms with Crippen molar-refractivity contribution in [1.29, 1.82) is 0 Å². The van der Waals surface area contributed by atoms with Gasteiger partial charge in [-0.25, -0.2) is 4.39 Å². The fourth-order valence-corrected chi connectivity index (χ4v) is 2.84. The molecule has 0 unspecified atom stereocenters. The third-order valence-corrected chi connectivity index (χ3v) is 4.12. The van der Waals surface area contributed by atoms with Gasteiger partial charge in [0.05, 0.1) is 12.7 Å². The summed E-state index contributed by atoms with van der Waals surface area (Å²) in [5, 5.41) is 3.04. The summed E-state index contributed by atoms with van der Waals surface area (Å²) >= 11 is 0. The molecule has 134 valence electrons. The van der Waals surface area contributed by atoms with Crippen LogP contribution in [-0.4, -0.2) is 29.9 Å². The number of imide groups is 1. The van der Waals surface area contributed by atoms with E-state index in [1.807, 2.05) is 0 Å². The van der Waals surface area contributed by atoms with E-state index in [-0.39, 0.29) is 17.3 Å². The Bertz CT molecular complexity index is 871. The fourth-order valence-electron chi connectivity index (χ4n) is 2.84. The van der Waals surface area contributed by atoms with Gasteiger partial charge < -0.3 is 10.1 Å². The van der Waals surface area contributed by atoms with Gasteiger partial charge in [0.25, 0.3) is 11.8 Å². The van der Waals surface area contributed by atoms with Crippen LogP contribution in [0, 0.1) is 5.82 Å². The summed E-state index contributed by atoms with van der Waals surface area (Å²) in [4.78, 5) is 26.9. The first-order valence-electron chi connectivity index (χ1n) is 8.21. The summed E-state index contributed by atoms with van der Waals surface area (Å²) in [5.41, 5.74) is 1.55. The van der Waals surface area contributed by atoms with E-state index in [9.17, 15) is 14.0 Å². The minimum absolute atomic E-state index is 0.181. The van der Waals surface area contributed by atoms with Gasteiger partial charge >= 0.3 is 0 Å². The molecule has 3 rings (SSSR count). The second-order valence-corrected chi connectivity index (χ2v) is 6.18. The lowest BCUT2D eigenvalue weighted by atomic mass is 10.0. The van der Waals surface area contributed by atoms with Crippen LogP contribution in [0.25, 0.3) is 5.57 Å². The van der Waals surface area contributed by atoms with Crippen molar-refractivity contribution in [3.8, 4) is 5.75 Å². The van der Waals surface area contributed by atoms with E-state index in [1.54, 1.807) is 45.2 Å². The molecule has 0 saturated heterocycles.